The summed E-state index contributed by atoms with van der Waals surface area (Å²) in [5.41, 5.74) is 2.28. The van der Waals surface area contributed by atoms with E-state index in [1.54, 1.807) is 0 Å². The van der Waals surface area contributed by atoms with E-state index >= 15 is 0 Å². The fourth-order valence-electron chi connectivity index (χ4n) is 2.26. The first kappa shape index (κ1) is 8.92. The van der Waals surface area contributed by atoms with Crippen molar-refractivity contribution in [1.82, 2.24) is 14.7 Å². The molecule has 1 aliphatic heterocycles. The summed E-state index contributed by atoms with van der Waals surface area (Å²) < 4.78 is 2.10. The predicted molar refractivity (Wildman–Crippen MR) is 60.0 cm³/mol. The molecule has 0 aliphatic carbocycles. The highest BCUT2D eigenvalue weighted by Crippen LogP contribution is 2.22. The van der Waals surface area contributed by atoms with Gasteiger partial charge in [-0.15, -0.1) is 0 Å². The molecule has 3 heteroatoms. The van der Waals surface area contributed by atoms with Gasteiger partial charge in [-0.2, -0.15) is 0 Å². The van der Waals surface area contributed by atoms with E-state index in [0.717, 1.165) is 18.7 Å². The maximum atomic E-state index is 4.66. The Bertz CT molecular complexity index is 422. The molecule has 0 spiro atoms. The van der Waals surface area contributed by atoms with Crippen molar-refractivity contribution < 1.29 is 0 Å². The number of rotatable bonds is 1. The average molecular weight is 201 g/mol. The highest BCUT2D eigenvalue weighted by molar-refractivity contribution is 5.40. The van der Waals surface area contributed by atoms with E-state index in [9.17, 15) is 0 Å². The molecule has 1 aliphatic rings. The molecule has 78 valence electrons. The molecule has 3 nitrogen and oxygen atoms in total. The second kappa shape index (κ2) is 3.66. The lowest BCUT2D eigenvalue weighted by Crippen LogP contribution is -2.28. The molecule has 2 aromatic rings. The van der Waals surface area contributed by atoms with Gasteiger partial charge in [-0.3, -0.25) is 0 Å². The van der Waals surface area contributed by atoms with E-state index in [0.29, 0.717) is 5.92 Å². The SMILES string of the molecule is c1ccn2cc(C3CCCNC3)nc2c1. The van der Waals surface area contributed by atoms with Gasteiger partial charge in [0.2, 0.25) is 0 Å². The lowest BCUT2D eigenvalue weighted by atomic mass is 9.97. The van der Waals surface area contributed by atoms with Crippen LogP contribution in [0.25, 0.3) is 5.65 Å². The Kier molecular flexibility index (Phi) is 2.18. The van der Waals surface area contributed by atoms with Crippen LogP contribution in [0.3, 0.4) is 0 Å². The highest BCUT2D eigenvalue weighted by atomic mass is 15.0. The van der Waals surface area contributed by atoms with Gasteiger partial charge in [0, 0.05) is 24.9 Å². The molecular weight excluding hydrogens is 186 g/mol. The number of fused-ring (bicyclic) bond motifs is 1. The number of imidazole rings is 1. The van der Waals surface area contributed by atoms with Gasteiger partial charge < -0.3 is 9.72 Å². The van der Waals surface area contributed by atoms with Crippen LogP contribution in [0.4, 0.5) is 0 Å². The van der Waals surface area contributed by atoms with Crippen LogP contribution in [0.2, 0.25) is 0 Å². The summed E-state index contributed by atoms with van der Waals surface area (Å²) in [6.07, 6.45) is 6.74. The van der Waals surface area contributed by atoms with Crippen LogP contribution >= 0.6 is 0 Å². The third kappa shape index (κ3) is 1.63. The molecule has 1 N–H and O–H groups in total. The fraction of sp³-hybridized carbons (Fsp3) is 0.417. The summed E-state index contributed by atoms with van der Waals surface area (Å²) in [5, 5.41) is 3.43. The van der Waals surface area contributed by atoms with Crippen LogP contribution in [0.15, 0.2) is 30.6 Å². The van der Waals surface area contributed by atoms with Crippen molar-refractivity contribution in [1.29, 1.82) is 0 Å². The van der Waals surface area contributed by atoms with E-state index in [4.69, 9.17) is 0 Å². The summed E-state index contributed by atoms with van der Waals surface area (Å²) >= 11 is 0. The zero-order valence-electron chi connectivity index (χ0n) is 8.69. The van der Waals surface area contributed by atoms with Crippen LogP contribution < -0.4 is 5.32 Å². The largest absolute Gasteiger partial charge is 0.316 e. The van der Waals surface area contributed by atoms with Crippen molar-refractivity contribution >= 4 is 5.65 Å². The predicted octanol–water partition coefficient (Wildman–Crippen LogP) is 1.80. The molecular formula is C12H15N3. The van der Waals surface area contributed by atoms with Gasteiger partial charge in [0.1, 0.15) is 5.65 Å². The molecule has 15 heavy (non-hydrogen) atoms. The van der Waals surface area contributed by atoms with Crippen molar-refractivity contribution in [3.8, 4) is 0 Å². The Morgan fingerprint density at radius 3 is 3.20 bits per heavy atom. The van der Waals surface area contributed by atoms with Gasteiger partial charge in [-0.05, 0) is 31.5 Å². The number of nitrogens with zero attached hydrogens (tertiary/aromatic N) is 2. The molecule has 0 radical (unpaired) electrons. The summed E-state index contributed by atoms with van der Waals surface area (Å²) in [5.74, 6) is 0.596. The third-order valence-electron chi connectivity index (χ3n) is 3.10. The van der Waals surface area contributed by atoms with E-state index in [-0.39, 0.29) is 0 Å². The molecule has 3 heterocycles. The van der Waals surface area contributed by atoms with Gasteiger partial charge in [0.05, 0.1) is 5.69 Å². The topological polar surface area (TPSA) is 29.3 Å². The second-order valence-electron chi connectivity index (χ2n) is 4.18. The van der Waals surface area contributed by atoms with Crippen LogP contribution in [0.1, 0.15) is 24.5 Å². The maximum Gasteiger partial charge on any atom is 0.136 e. The van der Waals surface area contributed by atoms with Crippen LogP contribution in [0, 0.1) is 0 Å². The van der Waals surface area contributed by atoms with Gasteiger partial charge in [0.15, 0.2) is 0 Å². The number of aromatic nitrogens is 2. The number of piperidine rings is 1. The number of nitrogens with one attached hydrogen (secondary N) is 1. The van der Waals surface area contributed by atoms with Crippen molar-refractivity contribution in [2.45, 2.75) is 18.8 Å². The minimum atomic E-state index is 0.596. The van der Waals surface area contributed by atoms with E-state index in [1.807, 2.05) is 12.1 Å². The van der Waals surface area contributed by atoms with Crippen molar-refractivity contribution in [3.05, 3.63) is 36.3 Å². The van der Waals surface area contributed by atoms with Gasteiger partial charge in [-0.25, -0.2) is 4.98 Å². The first-order chi connectivity index (χ1) is 7.43. The van der Waals surface area contributed by atoms with Crippen LogP contribution in [0.5, 0.6) is 0 Å². The third-order valence-corrected chi connectivity index (χ3v) is 3.10. The van der Waals surface area contributed by atoms with Crippen molar-refractivity contribution in [2.24, 2.45) is 0 Å². The van der Waals surface area contributed by atoms with Crippen molar-refractivity contribution in [2.75, 3.05) is 13.1 Å². The molecule has 1 unspecified atom stereocenters. The fourth-order valence-corrected chi connectivity index (χ4v) is 2.26. The summed E-state index contributed by atoms with van der Waals surface area (Å²) in [7, 11) is 0. The number of pyridine rings is 1. The lowest BCUT2D eigenvalue weighted by Gasteiger charge is -2.20. The van der Waals surface area contributed by atoms with E-state index in [2.05, 4.69) is 33.2 Å². The number of hydrogen-bond donors (Lipinski definition) is 1. The Labute approximate surface area is 89.1 Å². The van der Waals surface area contributed by atoms with Gasteiger partial charge in [0.25, 0.3) is 0 Å². The van der Waals surface area contributed by atoms with Gasteiger partial charge >= 0.3 is 0 Å². The first-order valence-electron chi connectivity index (χ1n) is 5.58. The smallest absolute Gasteiger partial charge is 0.136 e. The zero-order valence-corrected chi connectivity index (χ0v) is 8.69. The quantitative estimate of drug-likeness (QED) is 0.762. The molecule has 0 amide bonds. The first-order valence-corrected chi connectivity index (χ1v) is 5.58. The summed E-state index contributed by atoms with van der Waals surface area (Å²) in [6.45, 7) is 2.23. The molecule has 0 bridgehead atoms. The average Bonchev–Trinajstić information content (AvgIpc) is 2.74. The number of hydrogen-bond acceptors (Lipinski definition) is 2. The lowest BCUT2D eigenvalue weighted by molar-refractivity contribution is 0.456. The minimum absolute atomic E-state index is 0.596. The molecule has 1 saturated heterocycles. The second-order valence-corrected chi connectivity index (χ2v) is 4.18. The zero-order chi connectivity index (χ0) is 10.1. The maximum absolute atomic E-state index is 4.66. The Balaban J connectivity index is 1.96. The van der Waals surface area contributed by atoms with E-state index in [1.165, 1.54) is 18.5 Å². The van der Waals surface area contributed by atoms with Crippen LogP contribution in [-0.2, 0) is 0 Å². The highest BCUT2D eigenvalue weighted by Gasteiger charge is 2.17. The van der Waals surface area contributed by atoms with Gasteiger partial charge in [-0.1, -0.05) is 6.07 Å². The minimum Gasteiger partial charge on any atom is -0.316 e. The Morgan fingerprint density at radius 1 is 1.40 bits per heavy atom. The molecule has 0 aromatic carbocycles. The molecule has 1 fully saturated rings. The standard InChI is InChI=1S/C12H15N3/c1-2-7-15-9-11(14-12(15)5-1)10-4-3-6-13-8-10/h1-2,5,7,9-10,13H,3-4,6,8H2. The summed E-state index contributed by atoms with van der Waals surface area (Å²) in [4.78, 5) is 4.66. The van der Waals surface area contributed by atoms with Crippen LogP contribution in [-0.4, -0.2) is 22.5 Å². The summed E-state index contributed by atoms with van der Waals surface area (Å²) in [6, 6.07) is 6.13. The normalized spacial score (nSPS) is 22.0. The van der Waals surface area contributed by atoms with Crippen molar-refractivity contribution in [3.63, 3.8) is 0 Å². The molecule has 0 saturated carbocycles. The Hall–Kier alpha value is -1.35. The molecule has 1 atom stereocenters. The molecule has 3 rings (SSSR count). The van der Waals surface area contributed by atoms with E-state index < -0.39 is 0 Å². The Morgan fingerprint density at radius 2 is 2.40 bits per heavy atom. The molecule has 2 aromatic heterocycles. The monoisotopic (exact) mass is 201 g/mol.